The van der Waals surface area contributed by atoms with Crippen LogP contribution in [-0.2, 0) is 0 Å². The maximum atomic E-state index is 6.03. The predicted molar refractivity (Wildman–Crippen MR) is 105 cm³/mol. The molecule has 6 nitrogen and oxygen atoms in total. The summed E-state index contributed by atoms with van der Waals surface area (Å²) in [6.07, 6.45) is 4.47. The highest BCUT2D eigenvalue weighted by Gasteiger charge is 2.15. The van der Waals surface area contributed by atoms with Crippen molar-refractivity contribution in [2.75, 3.05) is 16.9 Å². The van der Waals surface area contributed by atoms with Gasteiger partial charge in [-0.3, -0.25) is 0 Å². The van der Waals surface area contributed by atoms with Crippen LogP contribution in [0.2, 0.25) is 5.02 Å². The van der Waals surface area contributed by atoms with E-state index in [1.165, 1.54) is 0 Å². The highest BCUT2D eigenvalue weighted by Crippen LogP contribution is 2.25. The number of hydrogen-bond acceptors (Lipinski definition) is 6. The lowest BCUT2D eigenvalue weighted by Crippen LogP contribution is -2.13. The zero-order valence-corrected chi connectivity index (χ0v) is 15.0. The summed E-state index contributed by atoms with van der Waals surface area (Å²) >= 11 is 6.03. The number of aromatic nitrogens is 3. The number of nitrogens with zero attached hydrogens (tertiary/aromatic N) is 5. The number of pyridine rings is 1. The van der Waals surface area contributed by atoms with Crippen LogP contribution in [0.15, 0.2) is 60.0 Å². The van der Waals surface area contributed by atoms with E-state index in [0.29, 0.717) is 11.0 Å². The van der Waals surface area contributed by atoms with Crippen LogP contribution in [-0.4, -0.2) is 27.2 Å². The Labute approximate surface area is 156 Å². The van der Waals surface area contributed by atoms with Crippen molar-refractivity contribution in [3.63, 3.8) is 0 Å². The molecular formula is C19H17ClN6. The summed E-state index contributed by atoms with van der Waals surface area (Å²) in [5.41, 5.74) is 3.73. The van der Waals surface area contributed by atoms with Gasteiger partial charge in [0.15, 0.2) is 0 Å². The summed E-state index contributed by atoms with van der Waals surface area (Å²) in [7, 11) is 0. The molecule has 7 heteroatoms. The molecule has 0 saturated heterocycles. The van der Waals surface area contributed by atoms with Crippen LogP contribution in [0.5, 0.6) is 0 Å². The average molecular weight is 365 g/mol. The smallest absolute Gasteiger partial charge is 0.227 e. The molecular weight excluding hydrogens is 348 g/mol. The fourth-order valence-corrected chi connectivity index (χ4v) is 2.92. The molecule has 26 heavy (non-hydrogen) atoms. The molecule has 0 spiro atoms. The van der Waals surface area contributed by atoms with E-state index < -0.39 is 0 Å². The van der Waals surface area contributed by atoms with Crippen LogP contribution >= 0.6 is 11.6 Å². The van der Waals surface area contributed by atoms with Crippen molar-refractivity contribution in [3.8, 4) is 11.3 Å². The van der Waals surface area contributed by atoms with E-state index in [9.17, 15) is 0 Å². The minimum Gasteiger partial charge on any atom is -0.324 e. The summed E-state index contributed by atoms with van der Waals surface area (Å²) in [6, 6.07) is 13.2. The molecule has 0 radical (unpaired) electrons. The highest BCUT2D eigenvalue weighted by atomic mass is 35.5. The molecule has 1 aromatic carbocycles. The molecule has 3 heterocycles. The molecule has 3 aromatic rings. The van der Waals surface area contributed by atoms with Gasteiger partial charge < -0.3 is 5.32 Å². The van der Waals surface area contributed by atoms with E-state index in [4.69, 9.17) is 11.6 Å². The number of hydrazone groups is 1. The Balaban J connectivity index is 1.60. The first-order valence-electron chi connectivity index (χ1n) is 8.31. The molecule has 0 aliphatic carbocycles. The van der Waals surface area contributed by atoms with Gasteiger partial charge in [0.1, 0.15) is 5.82 Å². The Morgan fingerprint density at radius 3 is 2.77 bits per heavy atom. The minimum atomic E-state index is 0.512. The summed E-state index contributed by atoms with van der Waals surface area (Å²) in [6.45, 7) is 2.88. The maximum Gasteiger partial charge on any atom is 0.227 e. The van der Waals surface area contributed by atoms with Crippen molar-refractivity contribution in [1.29, 1.82) is 0 Å². The lowest BCUT2D eigenvalue weighted by molar-refractivity contribution is 0.896. The summed E-state index contributed by atoms with van der Waals surface area (Å²) in [5, 5.41) is 10.3. The zero-order valence-electron chi connectivity index (χ0n) is 14.2. The molecule has 1 aliphatic heterocycles. The van der Waals surface area contributed by atoms with Crippen molar-refractivity contribution in [3.05, 3.63) is 59.9 Å². The van der Waals surface area contributed by atoms with Gasteiger partial charge in [-0.05, 0) is 43.3 Å². The lowest BCUT2D eigenvalue weighted by atomic mass is 10.2. The van der Waals surface area contributed by atoms with Crippen LogP contribution in [0, 0.1) is 0 Å². The Morgan fingerprint density at radius 1 is 1.08 bits per heavy atom. The topological polar surface area (TPSA) is 66.3 Å². The van der Waals surface area contributed by atoms with E-state index in [0.717, 1.165) is 41.4 Å². The fourth-order valence-electron chi connectivity index (χ4n) is 2.73. The summed E-state index contributed by atoms with van der Waals surface area (Å²) < 4.78 is 0. The molecule has 0 unspecified atom stereocenters. The monoisotopic (exact) mass is 364 g/mol. The Hall–Kier alpha value is -2.99. The van der Waals surface area contributed by atoms with Crippen LogP contribution in [0.1, 0.15) is 13.3 Å². The molecule has 4 rings (SSSR count). The maximum absolute atomic E-state index is 6.03. The highest BCUT2D eigenvalue weighted by molar-refractivity contribution is 6.30. The van der Waals surface area contributed by atoms with Gasteiger partial charge in [0.05, 0.1) is 5.69 Å². The molecule has 0 saturated carbocycles. The minimum absolute atomic E-state index is 0.512. The van der Waals surface area contributed by atoms with Crippen molar-refractivity contribution in [2.24, 2.45) is 5.10 Å². The van der Waals surface area contributed by atoms with Crippen LogP contribution in [0.3, 0.4) is 0 Å². The third-order valence-corrected chi connectivity index (χ3v) is 4.25. The van der Waals surface area contributed by atoms with E-state index in [-0.39, 0.29) is 0 Å². The van der Waals surface area contributed by atoms with Gasteiger partial charge in [0, 0.05) is 47.3 Å². The quantitative estimate of drug-likeness (QED) is 0.737. The number of halogens is 1. The largest absolute Gasteiger partial charge is 0.324 e. The molecule has 0 fully saturated rings. The first-order valence-corrected chi connectivity index (χ1v) is 8.69. The number of benzene rings is 1. The molecule has 0 bridgehead atoms. The number of rotatable bonds is 4. The van der Waals surface area contributed by atoms with Gasteiger partial charge in [0.25, 0.3) is 0 Å². The predicted octanol–water partition coefficient (Wildman–Crippen LogP) is 4.52. The van der Waals surface area contributed by atoms with Gasteiger partial charge >= 0.3 is 0 Å². The Morgan fingerprint density at radius 2 is 1.96 bits per heavy atom. The van der Waals surface area contributed by atoms with Crippen molar-refractivity contribution >= 4 is 34.8 Å². The normalized spacial score (nSPS) is 13.6. The number of anilines is 3. The molecule has 0 amide bonds. The standard InChI is InChI=1S/C19H17ClN6/c1-13-7-10-26(25-13)18-11-14(5-8-21-18)17-6-9-22-19(24-17)23-16-4-2-3-15(20)12-16/h2-6,8-9,11-12H,7,10H2,1H3,(H,22,23,24). The van der Waals surface area contributed by atoms with Crippen LogP contribution < -0.4 is 10.3 Å². The van der Waals surface area contributed by atoms with E-state index in [2.05, 4.69) is 25.4 Å². The third kappa shape index (κ3) is 3.65. The molecule has 1 N–H and O–H groups in total. The fraction of sp³-hybridized carbons (Fsp3) is 0.158. The van der Waals surface area contributed by atoms with Gasteiger partial charge in [-0.1, -0.05) is 17.7 Å². The number of hydrogen-bond donors (Lipinski definition) is 1. The van der Waals surface area contributed by atoms with Gasteiger partial charge in [-0.15, -0.1) is 0 Å². The second kappa shape index (κ2) is 7.09. The van der Waals surface area contributed by atoms with Gasteiger partial charge in [-0.2, -0.15) is 5.10 Å². The van der Waals surface area contributed by atoms with Crippen LogP contribution in [0.25, 0.3) is 11.3 Å². The van der Waals surface area contributed by atoms with Crippen LogP contribution in [0.4, 0.5) is 17.5 Å². The first-order chi connectivity index (χ1) is 12.7. The average Bonchev–Trinajstić information content (AvgIpc) is 3.09. The van der Waals surface area contributed by atoms with Gasteiger partial charge in [0.2, 0.25) is 5.95 Å². The Kier molecular flexibility index (Phi) is 4.50. The number of nitrogens with one attached hydrogen (secondary N) is 1. The molecule has 2 aromatic heterocycles. The second-order valence-corrected chi connectivity index (χ2v) is 6.45. The summed E-state index contributed by atoms with van der Waals surface area (Å²) in [4.78, 5) is 13.3. The third-order valence-electron chi connectivity index (χ3n) is 4.02. The van der Waals surface area contributed by atoms with Crippen molar-refractivity contribution < 1.29 is 0 Å². The van der Waals surface area contributed by atoms with E-state index >= 15 is 0 Å². The van der Waals surface area contributed by atoms with Gasteiger partial charge in [-0.25, -0.2) is 20.0 Å². The zero-order chi connectivity index (χ0) is 17.9. The SMILES string of the molecule is CC1=NN(c2cc(-c3ccnc(Nc4cccc(Cl)c4)n3)ccn2)CC1. The summed E-state index contributed by atoms with van der Waals surface area (Å²) in [5.74, 6) is 1.33. The second-order valence-electron chi connectivity index (χ2n) is 6.01. The molecule has 130 valence electrons. The van der Waals surface area contributed by atoms with Crippen molar-refractivity contribution in [2.45, 2.75) is 13.3 Å². The Bertz CT molecular complexity index is 972. The molecule has 1 aliphatic rings. The van der Waals surface area contributed by atoms with E-state index in [1.54, 1.807) is 12.4 Å². The lowest BCUT2D eigenvalue weighted by Gasteiger charge is -2.13. The first kappa shape index (κ1) is 16.5. The van der Waals surface area contributed by atoms with Crippen molar-refractivity contribution in [1.82, 2.24) is 15.0 Å². The molecule has 0 atom stereocenters. The van der Waals surface area contributed by atoms with E-state index in [1.807, 2.05) is 54.4 Å².